The van der Waals surface area contributed by atoms with Gasteiger partial charge in [-0.3, -0.25) is 28.2 Å². The van der Waals surface area contributed by atoms with Crippen molar-refractivity contribution >= 4 is 49.4 Å². The van der Waals surface area contributed by atoms with Crippen molar-refractivity contribution in [2.75, 3.05) is 26.4 Å². The number of phosphoric ester groups is 1. The summed E-state index contributed by atoms with van der Waals surface area (Å²) in [5.74, 6) is -8.21. The van der Waals surface area contributed by atoms with E-state index in [0.717, 1.165) is 57.1 Å². The second-order valence-corrected chi connectivity index (χ2v) is 30.2. The molecule has 5 saturated heterocycles. The third-order valence-corrected chi connectivity index (χ3v) is 19.8. The second-order valence-electron chi connectivity index (χ2n) is 28.8. The molecular weight excluding hydrogens is 1480 g/mol. The number of carboxylic acid groups (broad SMARTS) is 2. The Morgan fingerprint density at radius 2 is 1.29 bits per heavy atom. The molecular formula is C69H107N4O35P. The number of nitrogens with two attached hydrogens (primary N) is 1. The van der Waals surface area contributed by atoms with Crippen LogP contribution in [0.4, 0.5) is 4.79 Å². The maximum atomic E-state index is 14.1. The molecule has 618 valence electrons. The number of nitrogens with one attached hydrogen (secondary N) is 3. The summed E-state index contributed by atoms with van der Waals surface area (Å²) >= 11 is 0. The third kappa shape index (κ3) is 25.4. The number of rotatable bonds is 37. The van der Waals surface area contributed by atoms with Gasteiger partial charge in [0, 0.05) is 26.7 Å². The van der Waals surface area contributed by atoms with Crippen LogP contribution in [-0.4, -0.2) is 298 Å². The minimum absolute atomic E-state index is 0.131. The number of aliphatic carboxylic acids is 2. The Bertz CT molecular complexity index is 3360. The fourth-order valence-electron chi connectivity index (χ4n) is 12.6. The van der Waals surface area contributed by atoms with Crippen LogP contribution in [0.2, 0.25) is 0 Å². The molecule has 109 heavy (non-hydrogen) atoms. The molecule has 40 heteroatoms. The molecule has 0 aromatic rings. The lowest BCUT2D eigenvalue weighted by atomic mass is 9.85. The number of carbonyl (C=O) groups is 7. The number of hydrogen-bond donors (Lipinski definition) is 18. The number of allylic oxidation sites excluding steroid dienone is 10. The lowest BCUT2D eigenvalue weighted by Crippen LogP contribution is -2.72. The molecule has 6 rings (SSSR count). The molecule has 0 saturated carbocycles. The van der Waals surface area contributed by atoms with Gasteiger partial charge in [0.15, 0.2) is 67.8 Å². The van der Waals surface area contributed by atoms with E-state index in [2.05, 4.69) is 75.4 Å². The number of carbonyl (C=O) groups excluding carboxylic acids is 5. The lowest BCUT2D eigenvalue weighted by Gasteiger charge is -2.51. The van der Waals surface area contributed by atoms with E-state index in [-0.39, 0.29) is 24.9 Å². The monoisotopic (exact) mass is 1580 g/mol. The molecule has 27 atom stereocenters. The van der Waals surface area contributed by atoms with Crippen molar-refractivity contribution in [3.05, 3.63) is 70.7 Å². The Morgan fingerprint density at radius 1 is 0.716 bits per heavy atom. The predicted molar refractivity (Wildman–Crippen MR) is 370 cm³/mol. The SMILES string of the molecule is C=C(C/C=C(\C)CCC=C(C)C)CCC(C)(C)/C=C/CC/C(C)=C/CO[C@@H](COP(=O)(O)O[C@H]1OC(C(=O)O)[C@@](C)(O)[C@H](OC(N)=O)[C@H]1O[C@@H]1O[C@H](CO[C@@H]2O[C@H](CO)[C@@H](O)[C@H](O)[C@H]2O)[C@@H](O[C@@H]2O[C@H](C)[C@@H](O[C@@H]3O[C@H](C(=O)NC4=C(O)CCC4=O)[C@H](O)[C@H](O)[C@H]3O)[C@H](O)[C@H]2NC(C)=O)[C@H](O)[C@H]1NC(C)=O)C(=O)O. The molecule has 0 aromatic carbocycles. The van der Waals surface area contributed by atoms with Crippen LogP contribution >= 0.6 is 7.82 Å². The van der Waals surface area contributed by atoms with Crippen LogP contribution in [0, 0.1) is 5.41 Å². The van der Waals surface area contributed by atoms with Gasteiger partial charge >= 0.3 is 25.9 Å². The first-order valence-electron chi connectivity index (χ1n) is 35.3. The van der Waals surface area contributed by atoms with Crippen molar-refractivity contribution in [2.24, 2.45) is 11.1 Å². The number of carboxylic acids is 2. The molecule has 1 aliphatic carbocycles. The minimum atomic E-state index is -5.89. The Labute approximate surface area is 628 Å². The highest BCUT2D eigenvalue weighted by Crippen LogP contribution is 2.49. The van der Waals surface area contributed by atoms with E-state index in [4.69, 9.17) is 66.9 Å². The zero-order chi connectivity index (χ0) is 81.5. The van der Waals surface area contributed by atoms with E-state index in [0.29, 0.717) is 19.8 Å². The third-order valence-electron chi connectivity index (χ3n) is 18.9. The van der Waals surface area contributed by atoms with Gasteiger partial charge in [0.1, 0.15) is 102 Å². The summed E-state index contributed by atoms with van der Waals surface area (Å²) in [4.78, 5) is 101. The first-order chi connectivity index (χ1) is 50.9. The highest BCUT2D eigenvalue weighted by molar-refractivity contribution is 7.47. The highest BCUT2D eigenvalue weighted by atomic mass is 31.2. The second kappa shape index (κ2) is 40.5. The fraction of sp³-hybridized carbons (Fsp3) is 0.725. The highest BCUT2D eigenvalue weighted by Gasteiger charge is 2.63. The largest absolute Gasteiger partial charge is 0.510 e. The maximum absolute atomic E-state index is 14.1. The summed E-state index contributed by atoms with van der Waals surface area (Å²) in [6.07, 6.45) is -36.2. The minimum Gasteiger partial charge on any atom is -0.510 e. The van der Waals surface area contributed by atoms with Gasteiger partial charge in [-0.05, 0) is 91.9 Å². The van der Waals surface area contributed by atoms with Gasteiger partial charge in [-0.1, -0.05) is 73.1 Å². The number of phosphoric acid groups is 1. The number of aliphatic hydroxyl groups is 11. The van der Waals surface area contributed by atoms with Crippen LogP contribution in [0.1, 0.15) is 127 Å². The van der Waals surface area contributed by atoms with Gasteiger partial charge < -0.3 is 145 Å². The van der Waals surface area contributed by atoms with Crippen LogP contribution in [0.15, 0.2) is 70.7 Å². The Balaban J connectivity index is 1.25. The molecule has 19 N–H and O–H groups in total. The Morgan fingerprint density at radius 3 is 1.88 bits per heavy atom. The zero-order valence-electron chi connectivity index (χ0n) is 62.1. The lowest BCUT2D eigenvalue weighted by molar-refractivity contribution is -0.375. The number of ether oxygens (including phenoxy) is 11. The molecule has 2 unspecified atom stereocenters. The van der Waals surface area contributed by atoms with Gasteiger partial charge in [0.05, 0.1) is 32.5 Å². The van der Waals surface area contributed by atoms with Crippen molar-refractivity contribution in [1.82, 2.24) is 16.0 Å². The van der Waals surface area contributed by atoms with E-state index >= 15 is 0 Å². The summed E-state index contributed by atoms with van der Waals surface area (Å²) in [6.45, 7) is 16.6. The summed E-state index contributed by atoms with van der Waals surface area (Å²) in [7, 11) is -5.89. The fourth-order valence-corrected chi connectivity index (χ4v) is 13.4. The standard InChI is InChI=1S/C69H107N4O35P/c1-30(2)15-14-17-31(3)18-19-33(5)22-25-68(9,10)24-13-12-16-32(4)23-26-96-41(60(88)89)29-98-109(94,95)108-66-56(57(107-67(70)92)69(11,93)58(106-66)61(90)91)105-63-44(72-36(8)76)47(81)54(40(101-63)28-97-64-51(85)48(82)45(79)39(27-74)100-64)103-62-43(71-35(7)75)46(80)53(34(6)99-62)102-65-52(86)49(83)50(84)55(104-65)59(87)73-42-37(77)20-21-38(42)78/h13,15,18,23-24,34,39-41,43-58,62-66,74,77,79-86,93H,5,12,14,16-17,19-22,25-29H2,1-4,6-11H3,(H2,70,92)(H,71,75)(H,72,76)(H,73,87)(H,88,89)(H,90,91)(H,94,95)/b24-13+,31-18+,32-23+/t34-,39-,40-,41+,43-,44-,45-,46-,47-,48+,49+,50-,51-,52-,53-,54-,55+,56-,57-,58?,62+,63+,64-,65-,66-,69+/m1/s1. The molecule has 5 aliphatic heterocycles. The topological polar surface area (TPSA) is 602 Å². The molecule has 4 amide bonds. The smallest absolute Gasteiger partial charge is 0.474 e. The van der Waals surface area contributed by atoms with Crippen LogP contribution in [0.3, 0.4) is 0 Å². The van der Waals surface area contributed by atoms with Gasteiger partial charge in [-0.2, -0.15) is 0 Å². The normalized spacial score (nSPS) is 35.6. The number of ketones is 1. The quantitative estimate of drug-likeness (QED) is 0.0250. The number of amides is 4. The maximum Gasteiger partial charge on any atom is 0.474 e. The summed E-state index contributed by atoms with van der Waals surface area (Å²) in [5.41, 5.74) is 6.20. The first kappa shape index (κ1) is 91.7. The number of primary amides is 1. The molecule has 0 aromatic heterocycles. The van der Waals surface area contributed by atoms with Gasteiger partial charge in [-0.25, -0.2) is 18.9 Å². The van der Waals surface area contributed by atoms with Crippen LogP contribution < -0.4 is 21.7 Å². The van der Waals surface area contributed by atoms with Crippen LogP contribution in [0.25, 0.3) is 0 Å². The van der Waals surface area contributed by atoms with Gasteiger partial charge in [0.25, 0.3) is 5.91 Å². The molecule has 0 bridgehead atoms. The summed E-state index contributed by atoms with van der Waals surface area (Å²) < 4.78 is 88.5. The van der Waals surface area contributed by atoms with Crippen molar-refractivity contribution in [2.45, 2.75) is 286 Å². The van der Waals surface area contributed by atoms with Gasteiger partial charge in [-0.15, -0.1) is 0 Å². The molecule has 0 radical (unpaired) electrons. The predicted octanol–water partition coefficient (Wildman–Crippen LogP) is -1.43. The van der Waals surface area contributed by atoms with E-state index in [1.54, 1.807) is 13.0 Å². The first-order valence-corrected chi connectivity index (χ1v) is 36.8. The average Bonchev–Trinajstić information content (AvgIpc) is 1.80. The number of hydrogen-bond acceptors (Lipinski definition) is 32. The number of Topliss-reactive ketones (excluding diaryl/α,β-unsaturated/α-hetero) is 1. The van der Waals surface area contributed by atoms with Crippen molar-refractivity contribution in [3.8, 4) is 0 Å². The number of aliphatic hydroxyl groups excluding tert-OH is 10. The van der Waals surface area contributed by atoms with Gasteiger partial charge in [0.2, 0.25) is 11.8 Å². The average molecular weight is 1580 g/mol. The Kier molecular flexibility index (Phi) is 34.1. The van der Waals surface area contributed by atoms with Crippen LogP contribution in [-0.2, 0) is 94.5 Å². The van der Waals surface area contributed by atoms with Crippen LogP contribution in [0.5, 0.6) is 0 Å². The van der Waals surface area contributed by atoms with E-state index in [9.17, 15) is 109 Å². The summed E-state index contributed by atoms with van der Waals surface area (Å²) in [5, 5.41) is 149. The molecule has 39 nitrogen and oxygen atoms in total. The Hall–Kier alpha value is -6.16. The molecule has 6 aliphatic rings. The molecule has 5 fully saturated rings. The molecule has 0 spiro atoms. The van der Waals surface area contributed by atoms with Crippen molar-refractivity contribution in [1.29, 1.82) is 0 Å². The van der Waals surface area contributed by atoms with E-state index in [1.165, 1.54) is 18.1 Å². The summed E-state index contributed by atoms with van der Waals surface area (Å²) in [6, 6.07) is -4.03. The van der Waals surface area contributed by atoms with Crippen molar-refractivity contribution < 1.29 is 171 Å². The van der Waals surface area contributed by atoms with E-state index in [1.807, 2.05) is 6.08 Å². The van der Waals surface area contributed by atoms with Crippen molar-refractivity contribution in [3.63, 3.8) is 0 Å². The zero-order valence-corrected chi connectivity index (χ0v) is 63.0. The molecule has 5 heterocycles. The van der Waals surface area contributed by atoms with E-state index < -0.39 is 240 Å².